The monoisotopic (exact) mass is 121 g/mol. The summed E-state index contributed by atoms with van der Waals surface area (Å²) in [6, 6.07) is 0. The van der Waals surface area contributed by atoms with Crippen molar-refractivity contribution in [2.45, 2.75) is 32.2 Å². The van der Waals surface area contributed by atoms with Crippen LogP contribution in [0.5, 0.6) is 0 Å². The van der Waals surface area contributed by atoms with Crippen LogP contribution in [0.25, 0.3) is 0 Å². The maximum atomic E-state index is 12.3. The molecule has 8 heavy (non-hydrogen) atoms. The van der Waals surface area contributed by atoms with Crippen LogP contribution in [0, 0.1) is 0 Å². The molecule has 0 aliphatic carbocycles. The van der Waals surface area contributed by atoms with E-state index < -0.39 is 11.4 Å². The Kier molecular flexibility index (Phi) is 1.64. The summed E-state index contributed by atoms with van der Waals surface area (Å²) in [5, 5.41) is 8.56. The van der Waals surface area contributed by atoms with Gasteiger partial charge in [0.1, 0.15) is 0 Å². The normalized spacial score (nSPS) is 20.2. The van der Waals surface area contributed by atoms with Crippen LogP contribution in [0.1, 0.15) is 20.8 Å². The average molecular weight is 121 g/mol. The van der Waals surface area contributed by atoms with Gasteiger partial charge >= 0.3 is 0 Å². The maximum absolute atomic E-state index is 12.3. The standard InChI is InChI=1S/C5H12FNO/c1-4(2,7)5(3,6)8/h8H,7H2,1-3H3. The quantitative estimate of drug-likeness (QED) is 0.527. The molecule has 3 heteroatoms. The number of alkyl halides is 1. The lowest BCUT2D eigenvalue weighted by molar-refractivity contribution is -0.120. The Hall–Kier alpha value is -0.150. The van der Waals surface area contributed by atoms with Crippen LogP contribution in [-0.4, -0.2) is 16.5 Å². The molecule has 0 aliphatic rings. The third-order valence-corrected chi connectivity index (χ3v) is 1.18. The molecule has 0 aromatic rings. The third kappa shape index (κ3) is 1.76. The van der Waals surface area contributed by atoms with E-state index in [9.17, 15) is 4.39 Å². The van der Waals surface area contributed by atoms with E-state index >= 15 is 0 Å². The van der Waals surface area contributed by atoms with Gasteiger partial charge in [-0.3, -0.25) is 0 Å². The van der Waals surface area contributed by atoms with Crippen LogP contribution in [0.15, 0.2) is 0 Å². The lowest BCUT2D eigenvalue weighted by atomic mass is 9.98. The van der Waals surface area contributed by atoms with Crippen molar-refractivity contribution in [2.24, 2.45) is 5.73 Å². The zero-order chi connectivity index (χ0) is 7.00. The van der Waals surface area contributed by atoms with Crippen molar-refractivity contribution in [3.8, 4) is 0 Å². The smallest absolute Gasteiger partial charge is 0.221 e. The molecule has 0 bridgehead atoms. The predicted molar refractivity (Wildman–Crippen MR) is 30.0 cm³/mol. The number of aliphatic hydroxyl groups is 1. The summed E-state index contributed by atoms with van der Waals surface area (Å²) in [5.41, 5.74) is 4.01. The van der Waals surface area contributed by atoms with Gasteiger partial charge in [-0.25, -0.2) is 4.39 Å². The van der Waals surface area contributed by atoms with Gasteiger partial charge in [0.05, 0.1) is 5.54 Å². The van der Waals surface area contributed by atoms with Crippen LogP contribution in [0.4, 0.5) is 4.39 Å². The molecule has 0 aromatic carbocycles. The first kappa shape index (κ1) is 7.85. The molecule has 0 saturated heterocycles. The lowest BCUT2D eigenvalue weighted by Gasteiger charge is -2.28. The first-order valence-corrected chi connectivity index (χ1v) is 2.45. The molecule has 0 aromatic heterocycles. The van der Waals surface area contributed by atoms with Crippen molar-refractivity contribution >= 4 is 0 Å². The summed E-state index contributed by atoms with van der Waals surface area (Å²) >= 11 is 0. The van der Waals surface area contributed by atoms with Gasteiger partial charge in [0.25, 0.3) is 0 Å². The number of halogens is 1. The molecule has 3 N–H and O–H groups in total. The predicted octanol–water partition coefficient (Wildman–Crippen LogP) is 0.402. The molecule has 1 unspecified atom stereocenters. The van der Waals surface area contributed by atoms with E-state index in [0.717, 1.165) is 6.92 Å². The van der Waals surface area contributed by atoms with Crippen molar-refractivity contribution in [3.63, 3.8) is 0 Å². The summed E-state index contributed by atoms with van der Waals surface area (Å²) in [4.78, 5) is 0. The molecule has 0 saturated carbocycles. The number of hydrogen-bond donors (Lipinski definition) is 2. The minimum atomic E-state index is -2.28. The van der Waals surface area contributed by atoms with Gasteiger partial charge in [0, 0.05) is 0 Å². The Morgan fingerprint density at radius 1 is 1.38 bits per heavy atom. The molecule has 0 spiro atoms. The molecular formula is C5H12FNO. The number of hydrogen-bond acceptors (Lipinski definition) is 2. The van der Waals surface area contributed by atoms with Crippen LogP contribution >= 0.6 is 0 Å². The van der Waals surface area contributed by atoms with Crippen molar-refractivity contribution in [1.82, 2.24) is 0 Å². The Morgan fingerprint density at radius 2 is 1.50 bits per heavy atom. The Balaban J connectivity index is 4.02. The molecule has 0 rings (SSSR count). The van der Waals surface area contributed by atoms with Crippen molar-refractivity contribution < 1.29 is 9.50 Å². The van der Waals surface area contributed by atoms with Gasteiger partial charge in [0.2, 0.25) is 5.85 Å². The molecule has 0 heterocycles. The largest absolute Gasteiger partial charge is 0.361 e. The van der Waals surface area contributed by atoms with E-state index in [1.165, 1.54) is 13.8 Å². The van der Waals surface area contributed by atoms with Gasteiger partial charge in [-0.05, 0) is 20.8 Å². The second-order valence-corrected chi connectivity index (χ2v) is 2.68. The van der Waals surface area contributed by atoms with E-state index in [4.69, 9.17) is 10.8 Å². The summed E-state index contributed by atoms with van der Waals surface area (Å²) in [5.74, 6) is -2.28. The number of nitrogens with two attached hydrogens (primary N) is 1. The highest BCUT2D eigenvalue weighted by molar-refractivity contribution is 4.84. The minimum Gasteiger partial charge on any atom is -0.361 e. The van der Waals surface area contributed by atoms with E-state index in [1.807, 2.05) is 0 Å². The van der Waals surface area contributed by atoms with E-state index in [1.54, 1.807) is 0 Å². The molecule has 0 aliphatic heterocycles. The molecule has 0 fully saturated rings. The average Bonchev–Trinajstić information content (AvgIpc) is 1.25. The molecule has 0 radical (unpaired) electrons. The van der Waals surface area contributed by atoms with Gasteiger partial charge in [0.15, 0.2) is 0 Å². The second-order valence-electron chi connectivity index (χ2n) is 2.68. The van der Waals surface area contributed by atoms with Crippen molar-refractivity contribution in [3.05, 3.63) is 0 Å². The lowest BCUT2D eigenvalue weighted by Crippen LogP contribution is -2.51. The topological polar surface area (TPSA) is 46.2 Å². The van der Waals surface area contributed by atoms with Gasteiger partial charge < -0.3 is 10.8 Å². The third-order valence-electron chi connectivity index (χ3n) is 1.18. The Bertz CT molecular complexity index is 67.4. The molecule has 0 amide bonds. The highest BCUT2D eigenvalue weighted by Gasteiger charge is 2.35. The van der Waals surface area contributed by atoms with E-state index in [-0.39, 0.29) is 0 Å². The van der Waals surface area contributed by atoms with E-state index in [0.29, 0.717) is 0 Å². The van der Waals surface area contributed by atoms with Crippen LogP contribution in [0.2, 0.25) is 0 Å². The summed E-state index contributed by atoms with van der Waals surface area (Å²) in [6.07, 6.45) is 0. The molecule has 1 atom stereocenters. The Labute approximate surface area is 48.5 Å². The summed E-state index contributed by atoms with van der Waals surface area (Å²) in [6.45, 7) is 3.88. The van der Waals surface area contributed by atoms with E-state index in [2.05, 4.69) is 0 Å². The van der Waals surface area contributed by atoms with Crippen LogP contribution in [0.3, 0.4) is 0 Å². The van der Waals surface area contributed by atoms with Crippen molar-refractivity contribution in [2.75, 3.05) is 0 Å². The SMILES string of the molecule is CC(C)(N)C(C)(O)F. The first-order chi connectivity index (χ1) is 3.25. The van der Waals surface area contributed by atoms with Gasteiger partial charge in [-0.1, -0.05) is 0 Å². The van der Waals surface area contributed by atoms with Crippen LogP contribution < -0.4 is 5.73 Å². The minimum absolute atomic E-state index is 1.03. The maximum Gasteiger partial charge on any atom is 0.221 e. The first-order valence-electron chi connectivity index (χ1n) is 2.45. The highest BCUT2D eigenvalue weighted by Crippen LogP contribution is 2.18. The zero-order valence-electron chi connectivity index (χ0n) is 5.40. The van der Waals surface area contributed by atoms with Crippen LogP contribution in [-0.2, 0) is 0 Å². The fourth-order valence-corrected chi connectivity index (χ4v) is 0. The highest BCUT2D eigenvalue weighted by atomic mass is 19.2. The number of rotatable bonds is 1. The fraction of sp³-hybridized carbons (Fsp3) is 1.00. The van der Waals surface area contributed by atoms with Crippen molar-refractivity contribution in [1.29, 1.82) is 0 Å². The van der Waals surface area contributed by atoms with Gasteiger partial charge in [-0.15, -0.1) is 0 Å². The zero-order valence-corrected chi connectivity index (χ0v) is 5.40. The Morgan fingerprint density at radius 3 is 1.50 bits per heavy atom. The molecular weight excluding hydrogens is 109 g/mol. The van der Waals surface area contributed by atoms with Gasteiger partial charge in [-0.2, -0.15) is 0 Å². The summed E-state index contributed by atoms with van der Waals surface area (Å²) < 4.78 is 12.3. The molecule has 2 nitrogen and oxygen atoms in total. The fourth-order valence-electron chi connectivity index (χ4n) is 0. The summed E-state index contributed by atoms with van der Waals surface area (Å²) in [7, 11) is 0. The molecule has 50 valence electrons. The second kappa shape index (κ2) is 1.67.